The summed E-state index contributed by atoms with van der Waals surface area (Å²) in [7, 11) is 0. The summed E-state index contributed by atoms with van der Waals surface area (Å²) in [6.45, 7) is 0.943. The van der Waals surface area contributed by atoms with Gasteiger partial charge in [-0.15, -0.1) is 11.8 Å². The van der Waals surface area contributed by atoms with Gasteiger partial charge in [0, 0.05) is 23.0 Å². The first-order valence-corrected chi connectivity index (χ1v) is 4.58. The average molecular weight is 167 g/mol. The molecule has 3 heteroatoms. The lowest BCUT2D eigenvalue weighted by Gasteiger charge is -1.95. The Hall–Kier alpha value is -0.540. The van der Waals surface area contributed by atoms with E-state index in [1.54, 1.807) is 0 Å². The molecule has 2 heterocycles. The van der Waals surface area contributed by atoms with Gasteiger partial charge in [0.25, 0.3) is 0 Å². The number of ether oxygens (including phenoxy) is 1. The largest absolute Gasteiger partial charge is 0.372 e. The van der Waals surface area contributed by atoms with Gasteiger partial charge in [-0.2, -0.15) is 0 Å². The third-order valence-corrected chi connectivity index (χ3v) is 2.63. The lowest BCUT2D eigenvalue weighted by atomic mass is 10.5. The van der Waals surface area contributed by atoms with E-state index < -0.39 is 0 Å². The summed E-state index contributed by atoms with van der Waals surface area (Å²) >= 11 is 1.83. The Kier molecular flexibility index (Phi) is 2.10. The summed E-state index contributed by atoms with van der Waals surface area (Å²) in [5, 5.41) is 0. The fourth-order valence-electron chi connectivity index (χ4n) is 0.788. The standard InChI is InChI=1S/C8H9NOS/c1-3-9-4-2-8(1)11-6-7-5-10-7/h1-4,7H,5-6H2. The van der Waals surface area contributed by atoms with E-state index in [2.05, 4.69) is 4.98 Å². The number of hydrogen-bond donors (Lipinski definition) is 0. The molecule has 0 amide bonds. The van der Waals surface area contributed by atoms with Crippen molar-refractivity contribution in [2.75, 3.05) is 12.4 Å². The number of hydrogen-bond acceptors (Lipinski definition) is 3. The van der Waals surface area contributed by atoms with Crippen molar-refractivity contribution >= 4 is 11.8 Å². The van der Waals surface area contributed by atoms with E-state index >= 15 is 0 Å². The Balaban J connectivity index is 1.85. The number of rotatable bonds is 3. The molecule has 2 rings (SSSR count). The van der Waals surface area contributed by atoms with Gasteiger partial charge in [-0.3, -0.25) is 4.98 Å². The Morgan fingerprint density at radius 1 is 1.55 bits per heavy atom. The Morgan fingerprint density at radius 3 is 2.91 bits per heavy atom. The Bertz CT molecular complexity index is 223. The molecule has 0 radical (unpaired) electrons. The number of epoxide rings is 1. The summed E-state index contributed by atoms with van der Waals surface area (Å²) in [6.07, 6.45) is 4.14. The summed E-state index contributed by atoms with van der Waals surface area (Å²) in [6, 6.07) is 4.04. The highest BCUT2D eigenvalue weighted by Gasteiger charge is 2.21. The molecule has 1 aliphatic rings. The molecule has 58 valence electrons. The van der Waals surface area contributed by atoms with Gasteiger partial charge < -0.3 is 4.74 Å². The molecule has 1 saturated heterocycles. The monoisotopic (exact) mass is 167 g/mol. The second-order valence-corrected chi connectivity index (χ2v) is 3.54. The van der Waals surface area contributed by atoms with E-state index in [9.17, 15) is 0 Å². The minimum atomic E-state index is 0.508. The van der Waals surface area contributed by atoms with Crippen LogP contribution in [0.5, 0.6) is 0 Å². The van der Waals surface area contributed by atoms with Crippen LogP contribution in [0.3, 0.4) is 0 Å². The van der Waals surface area contributed by atoms with E-state index in [1.807, 2.05) is 36.3 Å². The van der Waals surface area contributed by atoms with Crippen molar-refractivity contribution in [2.45, 2.75) is 11.0 Å². The zero-order valence-electron chi connectivity index (χ0n) is 6.06. The quantitative estimate of drug-likeness (QED) is 0.504. The van der Waals surface area contributed by atoms with E-state index in [0.29, 0.717) is 6.10 Å². The van der Waals surface area contributed by atoms with Gasteiger partial charge >= 0.3 is 0 Å². The average Bonchev–Trinajstić information content (AvgIpc) is 2.86. The smallest absolute Gasteiger partial charge is 0.0903 e. The van der Waals surface area contributed by atoms with Crippen molar-refractivity contribution in [1.29, 1.82) is 0 Å². The summed E-state index contributed by atoms with van der Waals surface area (Å²) in [5.74, 6) is 1.07. The van der Waals surface area contributed by atoms with Crippen LogP contribution < -0.4 is 0 Å². The van der Waals surface area contributed by atoms with Crippen LogP contribution in [-0.4, -0.2) is 23.4 Å². The lowest BCUT2D eigenvalue weighted by Crippen LogP contribution is -1.87. The van der Waals surface area contributed by atoms with Gasteiger partial charge in [0.15, 0.2) is 0 Å². The minimum absolute atomic E-state index is 0.508. The zero-order valence-corrected chi connectivity index (χ0v) is 6.88. The Labute approximate surface area is 70.0 Å². The van der Waals surface area contributed by atoms with Crippen molar-refractivity contribution in [3.63, 3.8) is 0 Å². The fourth-order valence-corrected chi connectivity index (χ4v) is 1.67. The second kappa shape index (κ2) is 3.24. The molecule has 0 aromatic carbocycles. The lowest BCUT2D eigenvalue weighted by molar-refractivity contribution is 0.426. The van der Waals surface area contributed by atoms with E-state index in [-0.39, 0.29) is 0 Å². The van der Waals surface area contributed by atoms with Crippen molar-refractivity contribution in [1.82, 2.24) is 4.98 Å². The third-order valence-electron chi connectivity index (χ3n) is 1.49. The second-order valence-electron chi connectivity index (χ2n) is 2.45. The maximum atomic E-state index is 5.09. The number of nitrogens with zero attached hydrogens (tertiary/aromatic N) is 1. The zero-order chi connectivity index (χ0) is 7.52. The minimum Gasteiger partial charge on any atom is -0.372 e. The molecule has 1 aliphatic heterocycles. The molecule has 2 nitrogen and oxygen atoms in total. The van der Waals surface area contributed by atoms with Gasteiger partial charge in [0.2, 0.25) is 0 Å². The SMILES string of the molecule is c1cc(SCC2CO2)ccn1. The molecule has 1 aromatic heterocycles. The van der Waals surface area contributed by atoms with E-state index in [1.165, 1.54) is 4.90 Å². The summed E-state index contributed by atoms with van der Waals surface area (Å²) in [5.41, 5.74) is 0. The molecule has 0 saturated carbocycles. The van der Waals surface area contributed by atoms with Crippen molar-refractivity contribution < 1.29 is 4.74 Å². The molecule has 0 N–H and O–H groups in total. The topological polar surface area (TPSA) is 25.4 Å². The highest BCUT2D eigenvalue weighted by Crippen LogP contribution is 2.22. The highest BCUT2D eigenvalue weighted by atomic mass is 32.2. The van der Waals surface area contributed by atoms with Crippen molar-refractivity contribution in [3.05, 3.63) is 24.5 Å². The van der Waals surface area contributed by atoms with E-state index in [4.69, 9.17) is 4.74 Å². The van der Waals surface area contributed by atoms with Crippen LogP contribution in [0.1, 0.15) is 0 Å². The van der Waals surface area contributed by atoms with Gasteiger partial charge in [-0.25, -0.2) is 0 Å². The molecular formula is C8H9NOS. The maximum Gasteiger partial charge on any atom is 0.0903 e. The van der Waals surface area contributed by atoms with Gasteiger partial charge in [-0.05, 0) is 12.1 Å². The first kappa shape index (κ1) is 7.13. The van der Waals surface area contributed by atoms with E-state index in [0.717, 1.165) is 12.4 Å². The summed E-state index contributed by atoms with van der Waals surface area (Å²) in [4.78, 5) is 5.22. The van der Waals surface area contributed by atoms with Crippen LogP contribution in [0.4, 0.5) is 0 Å². The van der Waals surface area contributed by atoms with Crippen molar-refractivity contribution in [3.8, 4) is 0 Å². The number of pyridine rings is 1. The van der Waals surface area contributed by atoms with Crippen LogP contribution >= 0.6 is 11.8 Å². The maximum absolute atomic E-state index is 5.09. The molecule has 11 heavy (non-hydrogen) atoms. The molecule has 1 unspecified atom stereocenters. The number of thioether (sulfide) groups is 1. The van der Waals surface area contributed by atoms with Crippen LogP contribution in [0.15, 0.2) is 29.4 Å². The first-order valence-electron chi connectivity index (χ1n) is 3.59. The molecule has 0 spiro atoms. The molecular weight excluding hydrogens is 158 g/mol. The third kappa shape index (κ3) is 2.20. The highest BCUT2D eigenvalue weighted by molar-refractivity contribution is 7.99. The normalized spacial score (nSPS) is 21.6. The predicted octanol–water partition coefficient (Wildman–Crippen LogP) is 1.57. The van der Waals surface area contributed by atoms with Crippen LogP contribution in [0, 0.1) is 0 Å². The van der Waals surface area contributed by atoms with Crippen LogP contribution in [-0.2, 0) is 4.74 Å². The van der Waals surface area contributed by atoms with Crippen LogP contribution in [0.25, 0.3) is 0 Å². The van der Waals surface area contributed by atoms with Gasteiger partial charge in [-0.1, -0.05) is 0 Å². The molecule has 1 fully saturated rings. The molecule has 1 aromatic rings. The summed E-state index contributed by atoms with van der Waals surface area (Å²) < 4.78 is 5.09. The van der Waals surface area contributed by atoms with Crippen LogP contribution in [0.2, 0.25) is 0 Å². The van der Waals surface area contributed by atoms with Gasteiger partial charge in [0.05, 0.1) is 12.7 Å². The predicted molar refractivity (Wildman–Crippen MR) is 44.7 cm³/mol. The first-order chi connectivity index (χ1) is 5.45. The van der Waals surface area contributed by atoms with Gasteiger partial charge in [0.1, 0.15) is 0 Å². The fraction of sp³-hybridized carbons (Fsp3) is 0.375. The Morgan fingerprint density at radius 2 is 2.27 bits per heavy atom. The molecule has 0 aliphatic carbocycles. The van der Waals surface area contributed by atoms with Crippen molar-refractivity contribution in [2.24, 2.45) is 0 Å². The molecule has 0 bridgehead atoms. The number of aromatic nitrogens is 1. The molecule has 1 atom stereocenters.